The van der Waals surface area contributed by atoms with Crippen LogP contribution in [0.2, 0.25) is 0 Å². The molecular formula is C17H28O2. The fourth-order valence-electron chi connectivity index (χ4n) is 1.66. The van der Waals surface area contributed by atoms with Crippen molar-refractivity contribution in [3.8, 4) is 0 Å². The smallest absolute Gasteiger partial charge is 0.176 e. The lowest BCUT2D eigenvalue weighted by molar-refractivity contribution is 0.0746. The highest BCUT2D eigenvalue weighted by Crippen LogP contribution is 2.35. The molecule has 0 saturated carbocycles. The lowest BCUT2D eigenvalue weighted by Gasteiger charge is -2.11. The molecule has 0 amide bonds. The van der Waals surface area contributed by atoms with E-state index < -0.39 is 5.41 Å². The first-order valence-electron chi connectivity index (χ1n) is 7.24. The Morgan fingerprint density at radius 1 is 0.684 bits per heavy atom. The van der Waals surface area contributed by atoms with Crippen LogP contribution in [0.1, 0.15) is 76.1 Å². The van der Waals surface area contributed by atoms with Crippen molar-refractivity contribution in [3.05, 3.63) is 35.4 Å². The topological polar surface area (TPSA) is 34.1 Å². The third-order valence-corrected chi connectivity index (χ3v) is 2.55. The molecule has 1 aliphatic rings. The minimum absolute atomic E-state index is 0.0619. The lowest BCUT2D eigenvalue weighted by atomic mass is 9.88. The summed E-state index contributed by atoms with van der Waals surface area (Å²) in [6, 6.07) is 6.99. The van der Waals surface area contributed by atoms with Crippen LogP contribution in [0.5, 0.6) is 0 Å². The Labute approximate surface area is 118 Å². The molecule has 0 saturated heterocycles. The number of rotatable bonds is 0. The number of carbonyl (C=O) groups excluding carboxylic acids is 2. The van der Waals surface area contributed by atoms with E-state index in [2.05, 4.69) is 0 Å². The highest BCUT2D eigenvalue weighted by atomic mass is 16.2. The zero-order valence-corrected chi connectivity index (χ0v) is 13.6. The second kappa shape index (κ2) is 9.48. The van der Waals surface area contributed by atoms with Gasteiger partial charge in [-0.1, -0.05) is 65.8 Å². The Morgan fingerprint density at radius 3 is 1.21 bits per heavy atom. The van der Waals surface area contributed by atoms with Crippen molar-refractivity contribution in [1.82, 2.24) is 0 Å². The summed E-state index contributed by atoms with van der Waals surface area (Å²) < 4.78 is 0. The van der Waals surface area contributed by atoms with Gasteiger partial charge in [0.05, 0.1) is 5.41 Å². The summed E-state index contributed by atoms with van der Waals surface area (Å²) in [5, 5.41) is 0. The van der Waals surface area contributed by atoms with Crippen LogP contribution in [-0.2, 0) is 0 Å². The maximum Gasteiger partial charge on any atom is 0.176 e. The quantitative estimate of drug-likeness (QED) is 0.606. The average molecular weight is 264 g/mol. The molecule has 108 valence electrons. The molecule has 0 heterocycles. The Balaban J connectivity index is 0. The number of ketones is 2. The van der Waals surface area contributed by atoms with Crippen molar-refractivity contribution in [2.45, 2.75) is 55.4 Å². The molecule has 0 fully saturated rings. The molecule has 0 atom stereocenters. The Kier molecular flexibility index (Phi) is 9.93. The van der Waals surface area contributed by atoms with Crippen molar-refractivity contribution < 1.29 is 9.59 Å². The van der Waals surface area contributed by atoms with E-state index in [0.29, 0.717) is 11.1 Å². The zero-order chi connectivity index (χ0) is 15.6. The fourth-order valence-corrected chi connectivity index (χ4v) is 1.66. The highest BCUT2D eigenvalue weighted by molar-refractivity contribution is 6.28. The maximum atomic E-state index is 11.7. The molecule has 2 rings (SSSR count). The van der Waals surface area contributed by atoms with Crippen molar-refractivity contribution >= 4 is 11.6 Å². The van der Waals surface area contributed by atoms with Crippen LogP contribution >= 0.6 is 0 Å². The summed E-state index contributed by atoms with van der Waals surface area (Å²) in [7, 11) is 0. The van der Waals surface area contributed by atoms with Gasteiger partial charge in [0.25, 0.3) is 0 Å². The largest absolute Gasteiger partial charge is 0.293 e. The fraction of sp³-hybridized carbons (Fsp3) is 0.529. The summed E-state index contributed by atoms with van der Waals surface area (Å²) in [4.78, 5) is 23.4. The van der Waals surface area contributed by atoms with E-state index in [4.69, 9.17) is 0 Å². The van der Waals surface area contributed by atoms with Gasteiger partial charge in [0.2, 0.25) is 0 Å². The summed E-state index contributed by atoms with van der Waals surface area (Å²) in [6.45, 7) is 15.4. The number of hydrogen-bond acceptors (Lipinski definition) is 2. The molecule has 19 heavy (non-hydrogen) atoms. The van der Waals surface area contributed by atoms with Gasteiger partial charge in [-0.05, 0) is 13.8 Å². The van der Waals surface area contributed by atoms with Crippen LogP contribution in [0.15, 0.2) is 24.3 Å². The third-order valence-electron chi connectivity index (χ3n) is 2.55. The van der Waals surface area contributed by atoms with Gasteiger partial charge in [-0.15, -0.1) is 0 Å². The first-order valence-corrected chi connectivity index (χ1v) is 7.24. The summed E-state index contributed by atoms with van der Waals surface area (Å²) in [6.07, 6.45) is 0. The molecule has 0 aromatic heterocycles. The molecule has 0 spiro atoms. The molecule has 1 aliphatic carbocycles. The monoisotopic (exact) mass is 264 g/mol. The van der Waals surface area contributed by atoms with Crippen molar-refractivity contribution in [2.24, 2.45) is 5.41 Å². The minimum Gasteiger partial charge on any atom is -0.293 e. The van der Waals surface area contributed by atoms with Crippen LogP contribution in [0.25, 0.3) is 0 Å². The summed E-state index contributed by atoms with van der Waals surface area (Å²) >= 11 is 0. The number of fused-ring (bicyclic) bond motifs is 1. The van der Waals surface area contributed by atoms with Gasteiger partial charge in [-0.3, -0.25) is 9.59 Å². The zero-order valence-electron chi connectivity index (χ0n) is 13.6. The maximum absolute atomic E-state index is 11.7. The van der Waals surface area contributed by atoms with Crippen LogP contribution < -0.4 is 0 Å². The van der Waals surface area contributed by atoms with Gasteiger partial charge in [-0.2, -0.15) is 0 Å². The number of carbonyl (C=O) groups is 2. The molecule has 0 aliphatic heterocycles. The molecule has 0 bridgehead atoms. The van der Waals surface area contributed by atoms with Gasteiger partial charge >= 0.3 is 0 Å². The Hall–Kier alpha value is -1.44. The van der Waals surface area contributed by atoms with Crippen LogP contribution in [-0.4, -0.2) is 11.6 Å². The number of benzene rings is 1. The molecular weight excluding hydrogens is 236 g/mol. The van der Waals surface area contributed by atoms with Crippen LogP contribution in [0.3, 0.4) is 0 Å². The predicted molar refractivity (Wildman–Crippen MR) is 82.9 cm³/mol. The second-order valence-corrected chi connectivity index (χ2v) is 3.83. The Morgan fingerprint density at radius 2 is 0.947 bits per heavy atom. The van der Waals surface area contributed by atoms with Gasteiger partial charge < -0.3 is 0 Å². The van der Waals surface area contributed by atoms with E-state index in [-0.39, 0.29) is 11.6 Å². The second-order valence-electron chi connectivity index (χ2n) is 3.83. The van der Waals surface area contributed by atoms with Crippen molar-refractivity contribution in [1.29, 1.82) is 0 Å². The number of hydrogen-bond donors (Lipinski definition) is 0. The molecule has 0 radical (unpaired) electrons. The first kappa shape index (κ1) is 19.9. The predicted octanol–water partition coefficient (Wildman–Crippen LogP) is 5.17. The van der Waals surface area contributed by atoms with E-state index in [9.17, 15) is 9.59 Å². The third kappa shape index (κ3) is 4.02. The van der Waals surface area contributed by atoms with Gasteiger partial charge in [0.15, 0.2) is 11.6 Å². The van der Waals surface area contributed by atoms with Gasteiger partial charge in [-0.25, -0.2) is 0 Å². The molecule has 0 N–H and O–H groups in total. The van der Waals surface area contributed by atoms with Crippen LogP contribution in [0, 0.1) is 5.41 Å². The van der Waals surface area contributed by atoms with Crippen molar-refractivity contribution in [2.75, 3.05) is 0 Å². The first-order chi connectivity index (χ1) is 9.05. The normalized spacial score (nSPS) is 13.9. The lowest BCUT2D eigenvalue weighted by Crippen LogP contribution is -2.25. The van der Waals surface area contributed by atoms with E-state index >= 15 is 0 Å². The number of Topliss-reactive ketones (excluding diaryl/α,β-unsaturated/α-hetero) is 2. The molecule has 2 nitrogen and oxygen atoms in total. The van der Waals surface area contributed by atoms with Crippen molar-refractivity contribution in [3.63, 3.8) is 0 Å². The van der Waals surface area contributed by atoms with Crippen LogP contribution in [0.4, 0.5) is 0 Å². The van der Waals surface area contributed by atoms with E-state index in [0.717, 1.165) is 0 Å². The summed E-state index contributed by atoms with van der Waals surface area (Å²) in [5.74, 6) is -0.124. The average Bonchev–Trinajstić information content (AvgIpc) is 2.67. The van der Waals surface area contributed by atoms with Gasteiger partial charge in [0, 0.05) is 11.1 Å². The molecule has 1 aromatic carbocycles. The Bertz CT molecular complexity index is 366. The molecule has 0 unspecified atom stereocenters. The molecule has 1 aromatic rings. The van der Waals surface area contributed by atoms with E-state index in [1.165, 1.54) is 0 Å². The van der Waals surface area contributed by atoms with Gasteiger partial charge in [0.1, 0.15) is 0 Å². The van der Waals surface area contributed by atoms with E-state index in [1.54, 1.807) is 38.1 Å². The van der Waals surface area contributed by atoms with E-state index in [1.807, 2.05) is 41.5 Å². The minimum atomic E-state index is -0.857. The molecule has 2 heteroatoms. The standard InChI is InChI=1S/C11H10O2.3C2H6/c1-11(2)9(12)7-5-3-4-6-8(7)10(11)13;3*1-2/h3-6H,1-2H3;3*1-2H3. The highest BCUT2D eigenvalue weighted by Gasteiger charge is 2.45. The summed E-state index contributed by atoms with van der Waals surface area (Å²) in [5.41, 5.74) is 0.277. The SMILES string of the molecule is CC.CC.CC.CC1(C)C(=O)c2ccccc2C1=O.